The lowest BCUT2D eigenvalue weighted by molar-refractivity contribution is 0.281. The maximum absolute atomic E-state index is 16.0. The second-order valence-corrected chi connectivity index (χ2v) is 11.1. The summed E-state index contributed by atoms with van der Waals surface area (Å²) >= 11 is 0. The van der Waals surface area contributed by atoms with Crippen LogP contribution in [0, 0.1) is 5.82 Å². The molecule has 8 nitrogen and oxygen atoms in total. The van der Waals surface area contributed by atoms with Gasteiger partial charge in [0.05, 0.1) is 5.39 Å². The first-order chi connectivity index (χ1) is 18.4. The van der Waals surface area contributed by atoms with Gasteiger partial charge in [0.25, 0.3) is 0 Å². The van der Waals surface area contributed by atoms with Gasteiger partial charge >= 0.3 is 5.69 Å². The van der Waals surface area contributed by atoms with Crippen LogP contribution in [0.3, 0.4) is 0 Å². The first-order valence-corrected chi connectivity index (χ1v) is 13.5. The molecule has 4 aromatic rings. The predicted molar refractivity (Wildman–Crippen MR) is 146 cm³/mol. The van der Waals surface area contributed by atoms with Crippen molar-refractivity contribution in [1.29, 1.82) is 0 Å². The topological polar surface area (TPSA) is 86.5 Å². The predicted octanol–water partition coefficient (Wildman–Crippen LogP) is 3.49. The fourth-order valence-electron chi connectivity index (χ4n) is 6.63. The Morgan fingerprint density at radius 2 is 1.84 bits per heavy atom. The van der Waals surface area contributed by atoms with Gasteiger partial charge in [-0.15, -0.1) is 0 Å². The van der Waals surface area contributed by atoms with Gasteiger partial charge in [0.1, 0.15) is 28.7 Å². The van der Waals surface area contributed by atoms with Crippen LogP contribution in [0.2, 0.25) is 0 Å². The highest BCUT2D eigenvalue weighted by molar-refractivity contribution is 5.98. The van der Waals surface area contributed by atoms with Gasteiger partial charge in [0.15, 0.2) is 0 Å². The number of likely N-dealkylation sites (N-methyl/N-ethyl adjacent to an activating group) is 1. The van der Waals surface area contributed by atoms with Crippen LogP contribution in [0.25, 0.3) is 33.1 Å². The van der Waals surface area contributed by atoms with Crippen LogP contribution >= 0.6 is 0 Å². The zero-order chi connectivity index (χ0) is 26.0. The van der Waals surface area contributed by atoms with Crippen molar-refractivity contribution in [2.24, 2.45) is 0 Å². The van der Waals surface area contributed by atoms with Crippen molar-refractivity contribution < 1.29 is 9.50 Å². The summed E-state index contributed by atoms with van der Waals surface area (Å²) in [6, 6.07) is 13.1. The van der Waals surface area contributed by atoms with Gasteiger partial charge in [-0.25, -0.2) is 14.2 Å². The van der Waals surface area contributed by atoms with Crippen LogP contribution in [0.1, 0.15) is 25.7 Å². The van der Waals surface area contributed by atoms with Gasteiger partial charge in [-0.3, -0.25) is 4.57 Å². The first kappa shape index (κ1) is 23.5. The highest BCUT2D eigenvalue weighted by Gasteiger charge is 2.34. The molecule has 0 amide bonds. The molecule has 38 heavy (non-hydrogen) atoms. The van der Waals surface area contributed by atoms with E-state index in [-0.39, 0.29) is 23.2 Å². The first-order valence-electron chi connectivity index (χ1n) is 13.5. The lowest BCUT2D eigenvalue weighted by Gasteiger charge is -2.34. The molecule has 0 spiro atoms. The Balaban J connectivity index is 1.45. The summed E-state index contributed by atoms with van der Waals surface area (Å²) < 4.78 is 17.6. The van der Waals surface area contributed by atoms with E-state index in [9.17, 15) is 9.90 Å². The molecule has 0 radical (unpaired) electrons. The van der Waals surface area contributed by atoms with E-state index in [0.29, 0.717) is 41.0 Å². The smallest absolute Gasteiger partial charge is 0.351 e. The molecule has 3 atom stereocenters. The molecule has 7 rings (SSSR count). The molecule has 5 heterocycles. The van der Waals surface area contributed by atoms with Gasteiger partial charge in [-0.2, -0.15) is 4.98 Å². The zero-order valence-corrected chi connectivity index (χ0v) is 21.4. The molecular formula is C29H31FN6O2. The molecule has 0 saturated carbocycles. The zero-order valence-electron chi connectivity index (χ0n) is 21.4. The second kappa shape index (κ2) is 9.03. The van der Waals surface area contributed by atoms with E-state index in [1.54, 1.807) is 16.7 Å². The highest BCUT2D eigenvalue weighted by atomic mass is 19.1. The average molecular weight is 515 g/mol. The molecule has 2 N–H and O–H groups in total. The number of anilines is 1. The number of phenols is 1. The molecule has 2 bridgehead atoms. The van der Waals surface area contributed by atoms with E-state index in [1.807, 2.05) is 24.3 Å². The highest BCUT2D eigenvalue weighted by Crippen LogP contribution is 2.36. The molecule has 0 aliphatic carbocycles. The third-order valence-electron chi connectivity index (χ3n) is 8.57. The van der Waals surface area contributed by atoms with Gasteiger partial charge in [-0.1, -0.05) is 24.3 Å². The van der Waals surface area contributed by atoms with Gasteiger partial charge < -0.3 is 20.2 Å². The number of rotatable bonds is 4. The van der Waals surface area contributed by atoms with E-state index < -0.39 is 5.82 Å². The number of halogens is 1. The van der Waals surface area contributed by atoms with E-state index in [4.69, 9.17) is 4.98 Å². The number of nitrogens with one attached hydrogen (secondary N) is 1. The number of hydrogen-bond donors (Lipinski definition) is 2. The Morgan fingerprint density at radius 3 is 2.61 bits per heavy atom. The summed E-state index contributed by atoms with van der Waals surface area (Å²) in [6.45, 7) is 2.89. The van der Waals surface area contributed by atoms with E-state index in [2.05, 4.69) is 27.1 Å². The average Bonchev–Trinajstić information content (AvgIpc) is 3.47. The minimum absolute atomic E-state index is 0.0386. The minimum Gasteiger partial charge on any atom is -0.508 e. The number of pyridine rings is 1. The number of nitrogens with zero attached hydrogens (tertiary/aromatic N) is 5. The Kier molecular flexibility index (Phi) is 5.59. The number of hydrogen-bond acceptors (Lipinski definition) is 7. The van der Waals surface area contributed by atoms with Crippen molar-refractivity contribution in [3.05, 3.63) is 58.8 Å². The molecule has 3 fully saturated rings. The quantitative estimate of drug-likeness (QED) is 0.431. The van der Waals surface area contributed by atoms with Crippen LogP contribution in [-0.2, 0) is 6.54 Å². The molecule has 3 aliphatic heterocycles. The van der Waals surface area contributed by atoms with E-state index in [0.717, 1.165) is 56.1 Å². The van der Waals surface area contributed by atoms with Crippen LogP contribution in [-0.4, -0.2) is 69.3 Å². The number of aromatic hydroxyl groups is 1. The number of phenolic OH excluding ortho intramolecular Hbond substituents is 1. The summed E-state index contributed by atoms with van der Waals surface area (Å²) in [4.78, 5) is 27.4. The summed E-state index contributed by atoms with van der Waals surface area (Å²) in [5.41, 5.74) is 0.699. The van der Waals surface area contributed by atoms with Crippen LogP contribution < -0.4 is 15.9 Å². The largest absolute Gasteiger partial charge is 0.508 e. The standard InChI is InChI=1S/C29H31FN6O2/c1-34-10-4-6-20(34)16-36-28-24(27(33-29(36)38)35-14-18-8-9-19(15-35)31-18)13-25(30)26(32-28)23-12-21(37)11-17-5-2-3-7-22(17)23/h2-3,5,7,11-13,18-20,31,37H,4,6,8-10,14-16H2,1H3/t18?,19?,20-/m0/s1. The van der Waals surface area contributed by atoms with Gasteiger partial charge in [-0.05, 0) is 68.2 Å². The van der Waals surface area contributed by atoms with E-state index >= 15 is 4.39 Å². The monoisotopic (exact) mass is 514 g/mol. The fourth-order valence-corrected chi connectivity index (χ4v) is 6.63. The SMILES string of the molecule is CN1CCC[C@H]1Cn1c(=O)nc(N2CC3CCC(C2)N3)c2cc(F)c(-c3cc(O)cc4ccccc34)nc21. The Morgan fingerprint density at radius 1 is 1.05 bits per heavy atom. The Labute approximate surface area is 219 Å². The number of aromatic nitrogens is 3. The summed E-state index contributed by atoms with van der Waals surface area (Å²) in [6.07, 6.45) is 4.24. The molecule has 196 valence electrons. The maximum Gasteiger partial charge on any atom is 0.351 e. The summed E-state index contributed by atoms with van der Waals surface area (Å²) in [7, 11) is 2.07. The molecule has 3 saturated heterocycles. The van der Waals surface area contributed by atoms with Crippen LogP contribution in [0.15, 0.2) is 47.3 Å². The van der Waals surface area contributed by atoms with Gasteiger partial charge in [0, 0.05) is 43.3 Å². The molecule has 2 aromatic carbocycles. The van der Waals surface area contributed by atoms with Crippen molar-refractivity contribution in [2.45, 2.75) is 50.4 Å². The third-order valence-corrected chi connectivity index (χ3v) is 8.57. The molecule has 2 unspecified atom stereocenters. The molecule has 9 heteroatoms. The lowest BCUT2D eigenvalue weighted by atomic mass is 10.0. The van der Waals surface area contributed by atoms with Gasteiger partial charge in [0.2, 0.25) is 0 Å². The van der Waals surface area contributed by atoms with Crippen LogP contribution in [0.4, 0.5) is 10.2 Å². The summed E-state index contributed by atoms with van der Waals surface area (Å²) in [5, 5.41) is 16.2. The number of likely N-dealkylation sites (tertiary alicyclic amines) is 1. The second-order valence-electron chi connectivity index (χ2n) is 11.1. The Bertz CT molecular complexity index is 1610. The number of benzene rings is 2. The number of piperazine rings is 1. The number of fused-ring (bicyclic) bond motifs is 4. The van der Waals surface area contributed by atoms with Crippen molar-refractivity contribution >= 4 is 27.6 Å². The lowest BCUT2D eigenvalue weighted by Crippen LogP contribution is -2.52. The summed E-state index contributed by atoms with van der Waals surface area (Å²) in [5.74, 6) is 0.0485. The molecular weight excluding hydrogens is 483 g/mol. The molecule has 3 aliphatic rings. The van der Waals surface area contributed by atoms with Crippen molar-refractivity contribution in [1.82, 2.24) is 24.8 Å². The van der Waals surface area contributed by atoms with Crippen molar-refractivity contribution in [3.63, 3.8) is 0 Å². The molecule has 2 aromatic heterocycles. The van der Waals surface area contributed by atoms with Crippen LogP contribution in [0.5, 0.6) is 5.75 Å². The van der Waals surface area contributed by atoms with Crippen molar-refractivity contribution in [3.8, 4) is 17.0 Å². The fraction of sp³-hybridized carbons (Fsp3) is 0.414. The Hall–Kier alpha value is -3.56. The minimum atomic E-state index is -0.502. The van der Waals surface area contributed by atoms with Crippen molar-refractivity contribution in [2.75, 3.05) is 31.6 Å². The maximum atomic E-state index is 16.0. The third kappa shape index (κ3) is 3.92. The normalized spacial score (nSPS) is 23.6. The van der Waals surface area contributed by atoms with E-state index in [1.165, 1.54) is 6.07 Å².